The minimum atomic E-state index is 0.0914. The van der Waals surface area contributed by atoms with Crippen LogP contribution in [0.1, 0.15) is 24.8 Å². The van der Waals surface area contributed by atoms with E-state index in [-0.39, 0.29) is 5.54 Å². The van der Waals surface area contributed by atoms with E-state index in [1.807, 2.05) is 12.1 Å². The lowest BCUT2D eigenvalue weighted by atomic mass is 10.0. The van der Waals surface area contributed by atoms with Crippen molar-refractivity contribution >= 4 is 0 Å². The molecule has 0 saturated heterocycles. The normalized spacial score (nSPS) is 16.9. The van der Waals surface area contributed by atoms with Gasteiger partial charge in [0, 0.05) is 5.54 Å². The highest BCUT2D eigenvalue weighted by Crippen LogP contribution is 2.38. The fraction of sp³-hybridized carbons (Fsp3) is 0.538. The molecular formula is C13H19NO2. The van der Waals surface area contributed by atoms with Gasteiger partial charge in [-0.2, -0.15) is 0 Å². The van der Waals surface area contributed by atoms with Crippen LogP contribution in [0.15, 0.2) is 18.2 Å². The van der Waals surface area contributed by atoms with E-state index in [0.717, 1.165) is 37.2 Å². The Hall–Kier alpha value is -1.22. The second kappa shape index (κ2) is 4.34. The summed E-state index contributed by atoms with van der Waals surface area (Å²) in [5.74, 6) is 1.64. The van der Waals surface area contributed by atoms with Crippen LogP contribution in [0.3, 0.4) is 0 Å². The van der Waals surface area contributed by atoms with Crippen molar-refractivity contribution < 1.29 is 9.47 Å². The Bertz CT molecular complexity index is 372. The number of benzene rings is 1. The molecule has 2 N–H and O–H groups in total. The van der Waals surface area contributed by atoms with Crippen LogP contribution in [-0.2, 0) is 6.42 Å². The van der Waals surface area contributed by atoms with Gasteiger partial charge >= 0.3 is 0 Å². The Morgan fingerprint density at radius 2 is 2.00 bits per heavy atom. The van der Waals surface area contributed by atoms with Gasteiger partial charge in [0.05, 0.1) is 14.2 Å². The van der Waals surface area contributed by atoms with Crippen LogP contribution in [0.4, 0.5) is 0 Å². The van der Waals surface area contributed by atoms with Crippen LogP contribution in [0.25, 0.3) is 0 Å². The van der Waals surface area contributed by atoms with Crippen molar-refractivity contribution in [1.82, 2.24) is 0 Å². The van der Waals surface area contributed by atoms with Gasteiger partial charge in [0.15, 0.2) is 11.5 Å². The third-order valence-electron chi connectivity index (χ3n) is 3.27. The monoisotopic (exact) mass is 221 g/mol. The summed E-state index contributed by atoms with van der Waals surface area (Å²) < 4.78 is 10.7. The maximum absolute atomic E-state index is 6.08. The summed E-state index contributed by atoms with van der Waals surface area (Å²) in [5, 5.41) is 0. The number of nitrogens with two attached hydrogens (primary N) is 1. The van der Waals surface area contributed by atoms with Gasteiger partial charge in [-0.1, -0.05) is 12.1 Å². The molecule has 3 heteroatoms. The first-order chi connectivity index (χ1) is 7.68. The van der Waals surface area contributed by atoms with E-state index >= 15 is 0 Å². The zero-order valence-electron chi connectivity index (χ0n) is 9.95. The Balaban J connectivity index is 2.12. The van der Waals surface area contributed by atoms with Gasteiger partial charge in [0.1, 0.15) is 0 Å². The molecule has 2 rings (SSSR count). The highest BCUT2D eigenvalue weighted by Gasteiger charge is 2.37. The largest absolute Gasteiger partial charge is 0.493 e. The van der Waals surface area contributed by atoms with Crippen LogP contribution < -0.4 is 15.2 Å². The number of hydrogen-bond donors (Lipinski definition) is 1. The lowest BCUT2D eigenvalue weighted by molar-refractivity contribution is 0.351. The third kappa shape index (κ3) is 2.30. The SMILES string of the molecule is COc1cccc(CCC2(N)CC2)c1OC. The average molecular weight is 221 g/mol. The Labute approximate surface area is 96.5 Å². The molecule has 1 aromatic carbocycles. The number of para-hydroxylation sites is 1. The zero-order chi connectivity index (χ0) is 11.6. The van der Waals surface area contributed by atoms with E-state index < -0.39 is 0 Å². The predicted molar refractivity (Wildman–Crippen MR) is 64.0 cm³/mol. The quantitative estimate of drug-likeness (QED) is 0.828. The molecule has 88 valence electrons. The molecule has 0 radical (unpaired) electrons. The van der Waals surface area contributed by atoms with Crippen molar-refractivity contribution in [2.45, 2.75) is 31.2 Å². The number of methoxy groups -OCH3 is 2. The van der Waals surface area contributed by atoms with E-state index in [2.05, 4.69) is 6.07 Å². The van der Waals surface area contributed by atoms with Crippen molar-refractivity contribution in [2.24, 2.45) is 5.73 Å². The van der Waals surface area contributed by atoms with Crippen LogP contribution in [0.2, 0.25) is 0 Å². The molecule has 1 aliphatic carbocycles. The van der Waals surface area contributed by atoms with Gasteiger partial charge < -0.3 is 15.2 Å². The van der Waals surface area contributed by atoms with Crippen molar-refractivity contribution in [3.8, 4) is 11.5 Å². The average Bonchev–Trinajstić information content (AvgIpc) is 3.04. The topological polar surface area (TPSA) is 44.5 Å². The van der Waals surface area contributed by atoms with Crippen molar-refractivity contribution in [3.05, 3.63) is 23.8 Å². The Morgan fingerprint density at radius 3 is 2.56 bits per heavy atom. The summed E-state index contributed by atoms with van der Waals surface area (Å²) in [4.78, 5) is 0. The lowest BCUT2D eigenvalue weighted by Gasteiger charge is -2.14. The van der Waals surface area contributed by atoms with Gasteiger partial charge in [-0.25, -0.2) is 0 Å². The molecule has 0 heterocycles. The van der Waals surface area contributed by atoms with Crippen LogP contribution >= 0.6 is 0 Å². The molecular weight excluding hydrogens is 202 g/mol. The predicted octanol–water partition coefficient (Wildman–Crippen LogP) is 2.13. The molecule has 16 heavy (non-hydrogen) atoms. The molecule has 1 fully saturated rings. The van der Waals surface area contributed by atoms with Gasteiger partial charge in [0.25, 0.3) is 0 Å². The number of rotatable bonds is 5. The maximum atomic E-state index is 6.08. The highest BCUT2D eigenvalue weighted by atomic mass is 16.5. The minimum absolute atomic E-state index is 0.0914. The van der Waals surface area contributed by atoms with Crippen LogP contribution in [0.5, 0.6) is 11.5 Å². The second-order valence-electron chi connectivity index (χ2n) is 4.52. The molecule has 1 aliphatic rings. The van der Waals surface area contributed by atoms with Gasteiger partial charge in [-0.05, 0) is 37.3 Å². The second-order valence-corrected chi connectivity index (χ2v) is 4.52. The fourth-order valence-corrected chi connectivity index (χ4v) is 1.94. The van der Waals surface area contributed by atoms with Gasteiger partial charge in [-0.3, -0.25) is 0 Å². The van der Waals surface area contributed by atoms with Gasteiger partial charge in [-0.15, -0.1) is 0 Å². The number of ether oxygens (including phenoxy) is 2. The first-order valence-corrected chi connectivity index (χ1v) is 5.67. The van der Waals surface area contributed by atoms with Crippen LogP contribution in [-0.4, -0.2) is 19.8 Å². The lowest BCUT2D eigenvalue weighted by Crippen LogP contribution is -2.22. The molecule has 0 bridgehead atoms. The molecule has 1 saturated carbocycles. The molecule has 0 aromatic heterocycles. The van der Waals surface area contributed by atoms with E-state index in [9.17, 15) is 0 Å². The standard InChI is InChI=1S/C13H19NO2/c1-15-11-5-3-4-10(12(11)16-2)6-7-13(14)8-9-13/h3-5H,6-9,14H2,1-2H3. The molecule has 0 amide bonds. The first kappa shape index (κ1) is 11.3. The van der Waals surface area contributed by atoms with E-state index in [1.54, 1.807) is 14.2 Å². The fourth-order valence-electron chi connectivity index (χ4n) is 1.94. The number of aryl methyl sites for hydroxylation is 1. The van der Waals surface area contributed by atoms with E-state index in [4.69, 9.17) is 15.2 Å². The summed E-state index contributed by atoms with van der Waals surface area (Å²) in [7, 11) is 3.34. The molecule has 0 aliphatic heterocycles. The maximum Gasteiger partial charge on any atom is 0.163 e. The Kier molecular flexibility index (Phi) is 3.06. The van der Waals surface area contributed by atoms with E-state index in [1.165, 1.54) is 5.56 Å². The molecule has 0 unspecified atom stereocenters. The summed E-state index contributed by atoms with van der Waals surface area (Å²) in [6.07, 6.45) is 4.28. The van der Waals surface area contributed by atoms with E-state index in [0.29, 0.717) is 0 Å². The van der Waals surface area contributed by atoms with Crippen molar-refractivity contribution in [2.75, 3.05) is 14.2 Å². The summed E-state index contributed by atoms with van der Waals surface area (Å²) in [5.41, 5.74) is 7.36. The molecule has 0 spiro atoms. The van der Waals surface area contributed by atoms with Crippen LogP contribution in [0, 0.1) is 0 Å². The summed E-state index contributed by atoms with van der Waals surface area (Å²) in [6, 6.07) is 5.98. The van der Waals surface area contributed by atoms with Crippen molar-refractivity contribution in [3.63, 3.8) is 0 Å². The number of hydrogen-bond acceptors (Lipinski definition) is 3. The minimum Gasteiger partial charge on any atom is -0.493 e. The zero-order valence-corrected chi connectivity index (χ0v) is 9.95. The molecule has 1 aromatic rings. The summed E-state index contributed by atoms with van der Waals surface area (Å²) >= 11 is 0. The molecule has 3 nitrogen and oxygen atoms in total. The van der Waals surface area contributed by atoms with Crippen molar-refractivity contribution in [1.29, 1.82) is 0 Å². The van der Waals surface area contributed by atoms with Gasteiger partial charge in [0.2, 0.25) is 0 Å². The first-order valence-electron chi connectivity index (χ1n) is 5.67. The Morgan fingerprint density at radius 1 is 1.25 bits per heavy atom. The summed E-state index contributed by atoms with van der Waals surface area (Å²) in [6.45, 7) is 0. The molecule has 0 atom stereocenters. The highest BCUT2D eigenvalue weighted by molar-refractivity contribution is 5.46. The smallest absolute Gasteiger partial charge is 0.163 e. The third-order valence-corrected chi connectivity index (χ3v) is 3.27.